The normalized spacial score (nSPS) is 10.9. The van der Waals surface area contributed by atoms with E-state index in [0.29, 0.717) is 33.0 Å². The fraction of sp³-hybridized carbons (Fsp3) is 0. The summed E-state index contributed by atoms with van der Waals surface area (Å²) in [6.45, 7) is 0. The van der Waals surface area contributed by atoms with Gasteiger partial charge in [-0.25, -0.2) is 9.97 Å². The van der Waals surface area contributed by atoms with Gasteiger partial charge in [-0.1, -0.05) is 23.2 Å². The summed E-state index contributed by atoms with van der Waals surface area (Å²) in [5, 5.41) is 3.93. The predicted octanol–water partition coefficient (Wildman–Crippen LogP) is 4.12. The Morgan fingerprint density at radius 3 is 2.85 bits per heavy atom. The first-order valence-corrected chi connectivity index (χ1v) is 7.11. The molecule has 5 nitrogen and oxygen atoms in total. The lowest BCUT2D eigenvalue weighted by Crippen LogP contribution is -2.02. The molecule has 8 heteroatoms. The number of hydrogen-bond acceptors (Lipinski definition) is 4. The lowest BCUT2D eigenvalue weighted by molar-refractivity contribution is 1.14. The standard InChI is InChI=1S/C12H8BrCl2N5/c13-6-1-2-7(10(15)9(6)14)18-11-12-17-3-4-20(12)5-8(16)19-11/h1-5H,16H2,(H,18,19). The summed E-state index contributed by atoms with van der Waals surface area (Å²) in [4.78, 5) is 8.45. The fourth-order valence-corrected chi connectivity index (χ4v) is 2.61. The SMILES string of the molecule is Nc1cn2ccnc2c(Nc2ccc(Br)c(Cl)c2Cl)n1. The van der Waals surface area contributed by atoms with Crippen molar-refractivity contribution in [3.05, 3.63) is 45.2 Å². The van der Waals surface area contributed by atoms with Crippen LogP contribution in [0.5, 0.6) is 0 Å². The number of aromatic nitrogens is 3. The van der Waals surface area contributed by atoms with E-state index in [2.05, 4.69) is 31.2 Å². The molecule has 0 aliphatic rings. The first-order chi connectivity index (χ1) is 9.56. The molecule has 0 saturated heterocycles. The van der Waals surface area contributed by atoms with Crippen molar-refractivity contribution < 1.29 is 0 Å². The van der Waals surface area contributed by atoms with E-state index in [1.807, 2.05) is 0 Å². The maximum absolute atomic E-state index is 6.20. The van der Waals surface area contributed by atoms with Crippen molar-refractivity contribution in [2.45, 2.75) is 0 Å². The van der Waals surface area contributed by atoms with Gasteiger partial charge in [0.2, 0.25) is 0 Å². The number of rotatable bonds is 2. The number of benzene rings is 1. The molecule has 0 saturated carbocycles. The van der Waals surface area contributed by atoms with Crippen molar-refractivity contribution in [2.24, 2.45) is 0 Å². The smallest absolute Gasteiger partial charge is 0.180 e. The first-order valence-electron chi connectivity index (χ1n) is 5.56. The topological polar surface area (TPSA) is 68.2 Å². The Morgan fingerprint density at radius 2 is 2.05 bits per heavy atom. The number of halogens is 3. The lowest BCUT2D eigenvalue weighted by atomic mass is 10.3. The molecule has 2 aromatic heterocycles. The Bertz CT molecular complexity index is 802. The summed E-state index contributed by atoms with van der Waals surface area (Å²) in [6, 6.07) is 3.59. The monoisotopic (exact) mass is 371 g/mol. The molecule has 0 aliphatic heterocycles. The Kier molecular flexibility index (Phi) is 3.45. The molecule has 0 bridgehead atoms. The minimum atomic E-state index is 0.373. The van der Waals surface area contributed by atoms with E-state index in [4.69, 9.17) is 28.9 Å². The highest BCUT2D eigenvalue weighted by Crippen LogP contribution is 2.37. The molecule has 0 amide bonds. The molecule has 0 radical (unpaired) electrons. The number of fused-ring (bicyclic) bond motifs is 1. The number of imidazole rings is 1. The van der Waals surface area contributed by atoms with Gasteiger partial charge in [0.1, 0.15) is 5.82 Å². The molecule has 3 rings (SSSR count). The van der Waals surface area contributed by atoms with Crippen LogP contribution < -0.4 is 11.1 Å². The van der Waals surface area contributed by atoms with Crippen molar-refractivity contribution in [2.75, 3.05) is 11.1 Å². The van der Waals surface area contributed by atoms with Crippen LogP contribution in [0, 0.1) is 0 Å². The maximum Gasteiger partial charge on any atom is 0.180 e. The summed E-state index contributed by atoms with van der Waals surface area (Å²) >= 11 is 15.6. The van der Waals surface area contributed by atoms with Crippen LogP contribution in [-0.2, 0) is 0 Å². The maximum atomic E-state index is 6.20. The van der Waals surface area contributed by atoms with Crippen LogP contribution in [0.2, 0.25) is 10.0 Å². The number of hydrogen-bond donors (Lipinski definition) is 2. The average molecular weight is 373 g/mol. The van der Waals surface area contributed by atoms with Crippen molar-refractivity contribution in [1.82, 2.24) is 14.4 Å². The van der Waals surface area contributed by atoms with E-state index in [1.54, 1.807) is 35.1 Å². The second kappa shape index (κ2) is 5.12. The van der Waals surface area contributed by atoms with Gasteiger partial charge in [-0.05, 0) is 28.1 Å². The van der Waals surface area contributed by atoms with Gasteiger partial charge in [-0.3, -0.25) is 0 Å². The highest BCUT2D eigenvalue weighted by atomic mass is 79.9. The van der Waals surface area contributed by atoms with E-state index in [0.717, 1.165) is 4.47 Å². The van der Waals surface area contributed by atoms with Gasteiger partial charge in [0.05, 0.1) is 21.9 Å². The molecule has 0 unspecified atom stereocenters. The summed E-state index contributed by atoms with van der Waals surface area (Å²) in [7, 11) is 0. The third-order valence-electron chi connectivity index (χ3n) is 2.68. The van der Waals surface area contributed by atoms with Crippen LogP contribution in [0.1, 0.15) is 0 Å². The van der Waals surface area contributed by atoms with Gasteiger partial charge < -0.3 is 15.5 Å². The first kappa shape index (κ1) is 13.5. The van der Waals surface area contributed by atoms with Crippen molar-refractivity contribution in [3.8, 4) is 0 Å². The minimum Gasteiger partial charge on any atom is -0.382 e. The molecule has 0 fully saturated rings. The van der Waals surface area contributed by atoms with Gasteiger partial charge in [0, 0.05) is 16.9 Å². The minimum absolute atomic E-state index is 0.373. The summed E-state index contributed by atoms with van der Waals surface area (Å²) in [6.07, 6.45) is 5.14. The predicted molar refractivity (Wildman–Crippen MR) is 84.8 cm³/mol. The van der Waals surface area contributed by atoms with Gasteiger partial charge in [-0.15, -0.1) is 0 Å². The second-order valence-electron chi connectivity index (χ2n) is 4.02. The van der Waals surface area contributed by atoms with E-state index in [-0.39, 0.29) is 0 Å². The van der Waals surface area contributed by atoms with Gasteiger partial charge in [0.25, 0.3) is 0 Å². The molecule has 3 aromatic rings. The highest BCUT2D eigenvalue weighted by molar-refractivity contribution is 9.10. The molecular formula is C12H8BrCl2N5. The Morgan fingerprint density at radius 1 is 1.25 bits per heavy atom. The molecule has 1 aromatic carbocycles. The van der Waals surface area contributed by atoms with Crippen LogP contribution in [0.15, 0.2) is 35.2 Å². The third kappa shape index (κ3) is 2.30. The molecular weight excluding hydrogens is 365 g/mol. The molecule has 3 N–H and O–H groups in total. The number of anilines is 3. The zero-order chi connectivity index (χ0) is 14.3. The summed E-state index contributed by atoms with van der Waals surface area (Å²) in [5.41, 5.74) is 7.04. The lowest BCUT2D eigenvalue weighted by Gasteiger charge is -2.11. The number of nitrogens with one attached hydrogen (secondary N) is 1. The van der Waals surface area contributed by atoms with E-state index in [1.165, 1.54) is 0 Å². The number of nitrogen functional groups attached to an aromatic ring is 1. The Labute approximate surface area is 132 Å². The van der Waals surface area contributed by atoms with Crippen molar-refractivity contribution in [3.63, 3.8) is 0 Å². The van der Waals surface area contributed by atoms with E-state index < -0.39 is 0 Å². The molecule has 102 valence electrons. The Balaban J connectivity index is 2.10. The van der Waals surface area contributed by atoms with Gasteiger partial charge in [0.15, 0.2) is 11.5 Å². The van der Waals surface area contributed by atoms with Crippen LogP contribution >= 0.6 is 39.1 Å². The van der Waals surface area contributed by atoms with Gasteiger partial charge in [-0.2, -0.15) is 0 Å². The van der Waals surface area contributed by atoms with Crippen LogP contribution in [0.4, 0.5) is 17.3 Å². The largest absolute Gasteiger partial charge is 0.382 e. The highest BCUT2D eigenvalue weighted by Gasteiger charge is 2.12. The molecule has 0 aliphatic carbocycles. The van der Waals surface area contributed by atoms with Crippen LogP contribution in [0.25, 0.3) is 5.65 Å². The van der Waals surface area contributed by atoms with Gasteiger partial charge >= 0.3 is 0 Å². The number of nitrogens with zero attached hydrogens (tertiary/aromatic N) is 3. The van der Waals surface area contributed by atoms with E-state index in [9.17, 15) is 0 Å². The molecule has 0 atom stereocenters. The summed E-state index contributed by atoms with van der Waals surface area (Å²) < 4.78 is 2.50. The fourth-order valence-electron chi connectivity index (χ4n) is 1.78. The molecule has 0 spiro atoms. The third-order valence-corrected chi connectivity index (χ3v) is 4.45. The van der Waals surface area contributed by atoms with Crippen molar-refractivity contribution in [1.29, 1.82) is 0 Å². The Hall–Kier alpha value is -1.50. The van der Waals surface area contributed by atoms with Crippen LogP contribution in [0.3, 0.4) is 0 Å². The zero-order valence-electron chi connectivity index (χ0n) is 9.94. The molecule has 20 heavy (non-hydrogen) atoms. The average Bonchev–Trinajstić information content (AvgIpc) is 2.87. The van der Waals surface area contributed by atoms with E-state index >= 15 is 0 Å². The summed E-state index contributed by atoms with van der Waals surface area (Å²) in [5.74, 6) is 0.882. The quantitative estimate of drug-likeness (QED) is 0.664. The van der Waals surface area contributed by atoms with Crippen LogP contribution in [-0.4, -0.2) is 14.4 Å². The number of nitrogens with two attached hydrogens (primary N) is 1. The zero-order valence-corrected chi connectivity index (χ0v) is 13.0. The van der Waals surface area contributed by atoms with Crippen molar-refractivity contribution >= 4 is 62.1 Å². The second-order valence-corrected chi connectivity index (χ2v) is 5.63. The molecule has 2 heterocycles.